The predicted molar refractivity (Wildman–Crippen MR) is 76.4 cm³/mol. The van der Waals surface area contributed by atoms with Gasteiger partial charge in [-0.2, -0.15) is 0 Å². The number of nitrogens with two attached hydrogens (primary N) is 1. The molecule has 0 saturated heterocycles. The predicted octanol–water partition coefficient (Wildman–Crippen LogP) is 3.57. The van der Waals surface area contributed by atoms with E-state index in [-0.39, 0.29) is 5.54 Å². The molecule has 17 heavy (non-hydrogen) atoms. The standard InChI is InChI=1S/C15H26N2/c1-4-6-13-7-9-14(10-8-13)17-12-5-11-15(2,3)16/h7-10,17H,4-6,11-12,16H2,1-3H3. The maximum absolute atomic E-state index is 5.94. The van der Waals surface area contributed by atoms with Crippen molar-refractivity contribution in [2.75, 3.05) is 11.9 Å². The van der Waals surface area contributed by atoms with E-state index >= 15 is 0 Å². The highest BCUT2D eigenvalue weighted by Gasteiger charge is 2.08. The molecular formula is C15H26N2. The fourth-order valence-electron chi connectivity index (χ4n) is 1.85. The average molecular weight is 234 g/mol. The summed E-state index contributed by atoms with van der Waals surface area (Å²) in [5, 5.41) is 3.43. The smallest absolute Gasteiger partial charge is 0.0340 e. The maximum atomic E-state index is 5.94. The van der Waals surface area contributed by atoms with Crippen LogP contribution in [0.1, 0.15) is 45.6 Å². The molecule has 0 fully saturated rings. The Bertz CT molecular complexity index is 309. The normalized spacial score (nSPS) is 11.5. The molecule has 3 N–H and O–H groups in total. The lowest BCUT2D eigenvalue weighted by molar-refractivity contribution is 0.465. The van der Waals surface area contributed by atoms with Crippen LogP contribution in [0.2, 0.25) is 0 Å². The van der Waals surface area contributed by atoms with Crippen LogP contribution in [-0.2, 0) is 6.42 Å². The highest BCUT2D eigenvalue weighted by Crippen LogP contribution is 2.12. The topological polar surface area (TPSA) is 38.0 Å². The van der Waals surface area contributed by atoms with E-state index in [0.717, 1.165) is 19.4 Å². The SMILES string of the molecule is CCCc1ccc(NCCCC(C)(C)N)cc1. The molecule has 0 aliphatic heterocycles. The van der Waals surface area contributed by atoms with Gasteiger partial charge in [0.05, 0.1) is 0 Å². The van der Waals surface area contributed by atoms with Gasteiger partial charge >= 0.3 is 0 Å². The monoisotopic (exact) mass is 234 g/mol. The third kappa shape index (κ3) is 6.32. The molecule has 0 saturated carbocycles. The zero-order chi connectivity index (χ0) is 12.7. The Balaban J connectivity index is 2.27. The van der Waals surface area contributed by atoms with Gasteiger partial charge in [0.1, 0.15) is 0 Å². The van der Waals surface area contributed by atoms with E-state index in [1.165, 1.54) is 24.1 Å². The zero-order valence-corrected chi connectivity index (χ0v) is 11.4. The summed E-state index contributed by atoms with van der Waals surface area (Å²) in [4.78, 5) is 0. The molecule has 2 heteroatoms. The Morgan fingerprint density at radius 2 is 1.82 bits per heavy atom. The van der Waals surface area contributed by atoms with Gasteiger partial charge in [-0.3, -0.25) is 0 Å². The molecular weight excluding hydrogens is 208 g/mol. The van der Waals surface area contributed by atoms with Gasteiger partial charge in [0.25, 0.3) is 0 Å². The Hall–Kier alpha value is -1.02. The molecule has 0 atom stereocenters. The molecule has 1 aromatic carbocycles. The van der Waals surface area contributed by atoms with Gasteiger partial charge in [-0.05, 0) is 50.8 Å². The van der Waals surface area contributed by atoms with E-state index in [0.29, 0.717) is 0 Å². The van der Waals surface area contributed by atoms with Crippen LogP contribution in [0, 0.1) is 0 Å². The van der Waals surface area contributed by atoms with Crippen LogP contribution < -0.4 is 11.1 Å². The van der Waals surface area contributed by atoms with Crippen molar-refractivity contribution in [1.82, 2.24) is 0 Å². The van der Waals surface area contributed by atoms with Gasteiger partial charge < -0.3 is 11.1 Å². The van der Waals surface area contributed by atoms with Crippen molar-refractivity contribution in [2.24, 2.45) is 5.73 Å². The second kappa shape index (κ2) is 6.65. The van der Waals surface area contributed by atoms with Gasteiger partial charge in [-0.15, -0.1) is 0 Å². The van der Waals surface area contributed by atoms with Gasteiger partial charge in [0.2, 0.25) is 0 Å². The van der Waals surface area contributed by atoms with Gasteiger partial charge in [0, 0.05) is 17.8 Å². The molecule has 2 nitrogen and oxygen atoms in total. The second-order valence-corrected chi connectivity index (χ2v) is 5.47. The Kier molecular flexibility index (Phi) is 5.49. The number of rotatable bonds is 7. The lowest BCUT2D eigenvalue weighted by Crippen LogP contribution is -2.32. The third-order valence-corrected chi connectivity index (χ3v) is 2.82. The fourth-order valence-corrected chi connectivity index (χ4v) is 1.85. The molecule has 0 amide bonds. The molecule has 0 aliphatic rings. The van der Waals surface area contributed by atoms with Gasteiger partial charge in [-0.1, -0.05) is 25.5 Å². The van der Waals surface area contributed by atoms with Gasteiger partial charge in [-0.25, -0.2) is 0 Å². The van der Waals surface area contributed by atoms with Crippen molar-refractivity contribution in [3.05, 3.63) is 29.8 Å². The van der Waals surface area contributed by atoms with Crippen LogP contribution in [0.25, 0.3) is 0 Å². The summed E-state index contributed by atoms with van der Waals surface area (Å²) in [5.74, 6) is 0. The van der Waals surface area contributed by atoms with Crippen molar-refractivity contribution in [1.29, 1.82) is 0 Å². The molecule has 96 valence electrons. The Morgan fingerprint density at radius 3 is 2.35 bits per heavy atom. The highest BCUT2D eigenvalue weighted by atomic mass is 14.9. The quantitative estimate of drug-likeness (QED) is 0.708. The first-order chi connectivity index (χ1) is 8.01. The molecule has 1 rings (SSSR count). The number of hydrogen-bond acceptors (Lipinski definition) is 2. The lowest BCUT2D eigenvalue weighted by atomic mass is 10.0. The van der Waals surface area contributed by atoms with E-state index in [2.05, 4.69) is 50.4 Å². The van der Waals surface area contributed by atoms with Gasteiger partial charge in [0.15, 0.2) is 0 Å². The summed E-state index contributed by atoms with van der Waals surface area (Å²) >= 11 is 0. The van der Waals surface area contributed by atoms with Crippen molar-refractivity contribution in [2.45, 2.75) is 52.0 Å². The molecule has 0 aliphatic carbocycles. The lowest BCUT2D eigenvalue weighted by Gasteiger charge is -2.18. The minimum Gasteiger partial charge on any atom is -0.385 e. The molecule has 0 radical (unpaired) electrons. The first-order valence-corrected chi connectivity index (χ1v) is 6.63. The summed E-state index contributed by atoms with van der Waals surface area (Å²) in [6, 6.07) is 8.74. The van der Waals surface area contributed by atoms with Crippen LogP contribution >= 0.6 is 0 Å². The number of anilines is 1. The maximum Gasteiger partial charge on any atom is 0.0340 e. The molecule has 0 unspecified atom stereocenters. The summed E-state index contributed by atoms with van der Waals surface area (Å²) in [7, 11) is 0. The summed E-state index contributed by atoms with van der Waals surface area (Å²) < 4.78 is 0. The molecule has 0 heterocycles. The number of hydrogen-bond donors (Lipinski definition) is 2. The van der Waals surface area contributed by atoms with Crippen LogP contribution in [-0.4, -0.2) is 12.1 Å². The zero-order valence-electron chi connectivity index (χ0n) is 11.4. The molecule has 0 aromatic heterocycles. The number of nitrogens with one attached hydrogen (secondary N) is 1. The molecule has 0 bridgehead atoms. The van der Waals surface area contributed by atoms with E-state index in [1.54, 1.807) is 0 Å². The van der Waals surface area contributed by atoms with E-state index in [9.17, 15) is 0 Å². The van der Waals surface area contributed by atoms with Crippen LogP contribution in [0.3, 0.4) is 0 Å². The highest BCUT2D eigenvalue weighted by molar-refractivity contribution is 5.44. The van der Waals surface area contributed by atoms with E-state index < -0.39 is 0 Å². The fraction of sp³-hybridized carbons (Fsp3) is 0.600. The van der Waals surface area contributed by atoms with Crippen LogP contribution in [0.5, 0.6) is 0 Å². The van der Waals surface area contributed by atoms with E-state index in [1.807, 2.05) is 0 Å². The average Bonchev–Trinajstić information content (AvgIpc) is 2.26. The second-order valence-electron chi connectivity index (χ2n) is 5.47. The first-order valence-electron chi connectivity index (χ1n) is 6.63. The summed E-state index contributed by atoms with van der Waals surface area (Å²) in [6.07, 6.45) is 4.54. The van der Waals surface area contributed by atoms with Crippen molar-refractivity contribution < 1.29 is 0 Å². The van der Waals surface area contributed by atoms with E-state index in [4.69, 9.17) is 5.73 Å². The first kappa shape index (κ1) is 14.0. The number of benzene rings is 1. The number of aryl methyl sites for hydroxylation is 1. The Labute approximate surface area is 106 Å². The van der Waals surface area contributed by atoms with Crippen molar-refractivity contribution in [3.8, 4) is 0 Å². The summed E-state index contributed by atoms with van der Waals surface area (Å²) in [5.41, 5.74) is 8.52. The Morgan fingerprint density at radius 1 is 1.18 bits per heavy atom. The molecule has 0 spiro atoms. The van der Waals surface area contributed by atoms with Crippen molar-refractivity contribution >= 4 is 5.69 Å². The van der Waals surface area contributed by atoms with Crippen LogP contribution in [0.15, 0.2) is 24.3 Å². The van der Waals surface area contributed by atoms with Crippen LogP contribution in [0.4, 0.5) is 5.69 Å². The minimum atomic E-state index is -0.0489. The summed E-state index contributed by atoms with van der Waals surface area (Å²) in [6.45, 7) is 7.35. The van der Waals surface area contributed by atoms with Crippen molar-refractivity contribution in [3.63, 3.8) is 0 Å². The third-order valence-electron chi connectivity index (χ3n) is 2.82. The largest absolute Gasteiger partial charge is 0.385 e. The minimum absolute atomic E-state index is 0.0489. The molecule has 1 aromatic rings.